The number of anilines is 1. The smallest absolute Gasteiger partial charge is 0.0562 e. The van der Waals surface area contributed by atoms with Gasteiger partial charge in [-0.2, -0.15) is 5.10 Å². The molecule has 2 aliphatic rings. The van der Waals surface area contributed by atoms with Gasteiger partial charge in [0.2, 0.25) is 0 Å². The highest BCUT2D eigenvalue weighted by atomic mass is 35.5. The molecule has 0 spiro atoms. The Morgan fingerprint density at radius 3 is 2.81 bits per heavy atom. The Morgan fingerprint density at radius 1 is 1.25 bits per heavy atom. The van der Waals surface area contributed by atoms with Crippen LogP contribution in [0.25, 0.3) is 0 Å². The summed E-state index contributed by atoms with van der Waals surface area (Å²) in [7, 11) is 0. The summed E-state index contributed by atoms with van der Waals surface area (Å²) in [6.07, 6.45) is 6.85. The van der Waals surface area contributed by atoms with Gasteiger partial charge in [0.05, 0.1) is 5.69 Å². The van der Waals surface area contributed by atoms with Crippen molar-refractivity contribution in [2.45, 2.75) is 12.8 Å². The molecule has 82 valence electrons. The van der Waals surface area contributed by atoms with E-state index in [1.807, 2.05) is 24.3 Å². The second kappa shape index (κ2) is 3.95. The van der Waals surface area contributed by atoms with Crippen LogP contribution in [-0.4, -0.2) is 5.71 Å². The predicted molar refractivity (Wildman–Crippen MR) is 67.9 cm³/mol. The Balaban J connectivity index is 1.64. The SMILES string of the molecule is Clc1ccc(N/N=C2/C[C@@H]3C=CC[C@@H]23)cc1. The Morgan fingerprint density at radius 2 is 2.06 bits per heavy atom. The number of benzene rings is 1. The van der Waals surface area contributed by atoms with Crippen LogP contribution in [0, 0.1) is 11.8 Å². The van der Waals surface area contributed by atoms with Crippen molar-refractivity contribution >= 4 is 23.0 Å². The van der Waals surface area contributed by atoms with Crippen molar-refractivity contribution in [3.63, 3.8) is 0 Å². The Hall–Kier alpha value is -1.28. The van der Waals surface area contributed by atoms with Gasteiger partial charge in [-0.3, -0.25) is 5.43 Å². The van der Waals surface area contributed by atoms with Crippen LogP contribution >= 0.6 is 11.6 Å². The summed E-state index contributed by atoms with van der Waals surface area (Å²) >= 11 is 5.81. The average molecular weight is 233 g/mol. The van der Waals surface area contributed by atoms with Gasteiger partial charge in [0.15, 0.2) is 0 Å². The van der Waals surface area contributed by atoms with E-state index in [0.29, 0.717) is 5.92 Å². The van der Waals surface area contributed by atoms with Gasteiger partial charge < -0.3 is 0 Å². The topological polar surface area (TPSA) is 24.4 Å². The van der Waals surface area contributed by atoms with Gasteiger partial charge in [-0.05, 0) is 43.0 Å². The van der Waals surface area contributed by atoms with Crippen LogP contribution in [0.15, 0.2) is 41.5 Å². The number of rotatable bonds is 2. The molecule has 1 fully saturated rings. The Kier molecular flexibility index (Phi) is 2.44. The summed E-state index contributed by atoms with van der Waals surface area (Å²) in [5.74, 6) is 1.42. The minimum atomic E-state index is 0.666. The summed E-state index contributed by atoms with van der Waals surface area (Å²) in [5.41, 5.74) is 5.38. The number of nitrogens with zero attached hydrogens (tertiary/aromatic N) is 1. The van der Waals surface area contributed by atoms with Gasteiger partial charge in [0.25, 0.3) is 0 Å². The number of allylic oxidation sites excluding steroid dienone is 2. The lowest BCUT2D eigenvalue weighted by Crippen LogP contribution is -2.33. The molecule has 0 aromatic heterocycles. The van der Waals surface area contributed by atoms with Crippen molar-refractivity contribution in [1.29, 1.82) is 0 Å². The lowest BCUT2D eigenvalue weighted by atomic mass is 9.74. The maximum atomic E-state index is 5.81. The van der Waals surface area contributed by atoms with Gasteiger partial charge in [-0.25, -0.2) is 0 Å². The van der Waals surface area contributed by atoms with Crippen LogP contribution in [0.2, 0.25) is 5.02 Å². The largest absolute Gasteiger partial charge is 0.279 e. The molecular weight excluding hydrogens is 220 g/mol. The summed E-state index contributed by atoms with van der Waals surface area (Å²) in [6, 6.07) is 7.61. The maximum Gasteiger partial charge on any atom is 0.0562 e. The number of nitrogens with one attached hydrogen (secondary N) is 1. The van der Waals surface area contributed by atoms with Crippen LogP contribution in [0.5, 0.6) is 0 Å². The second-order valence-corrected chi connectivity index (χ2v) is 4.80. The molecule has 0 saturated heterocycles. The van der Waals surface area contributed by atoms with Crippen LogP contribution in [0.1, 0.15) is 12.8 Å². The summed E-state index contributed by atoms with van der Waals surface area (Å²) in [6.45, 7) is 0. The number of fused-ring (bicyclic) bond motifs is 1. The van der Waals surface area contributed by atoms with E-state index in [4.69, 9.17) is 11.6 Å². The first-order chi connectivity index (χ1) is 7.83. The van der Waals surface area contributed by atoms with Crippen LogP contribution in [0.4, 0.5) is 5.69 Å². The van der Waals surface area contributed by atoms with E-state index in [-0.39, 0.29) is 0 Å². The van der Waals surface area contributed by atoms with Crippen LogP contribution in [0.3, 0.4) is 0 Å². The molecule has 0 radical (unpaired) electrons. The van der Waals surface area contributed by atoms with Crippen LogP contribution in [-0.2, 0) is 0 Å². The van der Waals surface area contributed by atoms with Crippen molar-refractivity contribution in [1.82, 2.24) is 0 Å². The molecule has 1 aromatic carbocycles. The van der Waals surface area contributed by atoms with E-state index in [1.54, 1.807) is 0 Å². The molecule has 0 heterocycles. The standard InChI is InChI=1S/C13H13ClN2/c14-10-4-6-11(7-5-10)15-16-13-8-9-2-1-3-12(9)13/h1-2,4-7,9,12,15H,3,8H2/b16-13-/t9-,12+/m0/s1. The minimum absolute atomic E-state index is 0.666. The highest BCUT2D eigenvalue weighted by Gasteiger charge is 2.37. The molecule has 0 bridgehead atoms. The van der Waals surface area contributed by atoms with Crippen molar-refractivity contribution in [3.05, 3.63) is 41.4 Å². The quantitative estimate of drug-likeness (QED) is 0.610. The molecule has 1 N–H and O–H groups in total. The number of hydrogen-bond donors (Lipinski definition) is 1. The lowest BCUT2D eigenvalue weighted by molar-refractivity contribution is 0.466. The fourth-order valence-corrected chi connectivity index (χ4v) is 2.45. The highest BCUT2D eigenvalue weighted by Crippen LogP contribution is 2.40. The van der Waals surface area contributed by atoms with Gasteiger partial charge in [-0.1, -0.05) is 23.8 Å². The molecule has 3 rings (SSSR count). The number of hydrogen-bond acceptors (Lipinski definition) is 2. The third-order valence-electron chi connectivity index (χ3n) is 3.34. The van der Waals surface area contributed by atoms with Gasteiger partial charge in [0, 0.05) is 16.7 Å². The lowest BCUT2D eigenvalue weighted by Gasteiger charge is -2.31. The Labute approximate surface area is 100 Å². The molecule has 0 aliphatic heterocycles. The number of halogens is 1. The van der Waals surface area contributed by atoms with Crippen molar-refractivity contribution < 1.29 is 0 Å². The third kappa shape index (κ3) is 1.74. The first-order valence-corrected chi connectivity index (χ1v) is 5.95. The summed E-state index contributed by atoms with van der Waals surface area (Å²) < 4.78 is 0. The molecule has 1 saturated carbocycles. The molecule has 1 aromatic rings. The third-order valence-corrected chi connectivity index (χ3v) is 3.59. The first-order valence-electron chi connectivity index (χ1n) is 5.57. The normalized spacial score (nSPS) is 28.9. The maximum absolute atomic E-state index is 5.81. The summed E-state index contributed by atoms with van der Waals surface area (Å²) in [5, 5.41) is 5.21. The fraction of sp³-hybridized carbons (Fsp3) is 0.308. The first kappa shape index (κ1) is 9.91. The van der Waals surface area contributed by atoms with E-state index in [0.717, 1.165) is 29.5 Å². The summed E-state index contributed by atoms with van der Waals surface area (Å²) in [4.78, 5) is 0. The molecule has 3 heteroatoms. The van der Waals surface area contributed by atoms with E-state index < -0.39 is 0 Å². The molecular formula is C13H13ClN2. The number of hydrazone groups is 1. The molecule has 2 atom stereocenters. The van der Waals surface area contributed by atoms with Crippen molar-refractivity contribution in [2.75, 3.05) is 5.43 Å². The van der Waals surface area contributed by atoms with Gasteiger partial charge in [-0.15, -0.1) is 0 Å². The minimum Gasteiger partial charge on any atom is -0.279 e. The Bertz CT molecular complexity index is 448. The molecule has 0 amide bonds. The predicted octanol–water partition coefficient (Wildman–Crippen LogP) is 3.70. The van der Waals surface area contributed by atoms with E-state index in [2.05, 4.69) is 22.7 Å². The van der Waals surface area contributed by atoms with Crippen molar-refractivity contribution in [2.24, 2.45) is 16.9 Å². The second-order valence-electron chi connectivity index (χ2n) is 4.36. The van der Waals surface area contributed by atoms with Crippen LogP contribution < -0.4 is 5.43 Å². The monoisotopic (exact) mass is 232 g/mol. The zero-order valence-corrected chi connectivity index (χ0v) is 9.61. The van der Waals surface area contributed by atoms with Crippen molar-refractivity contribution in [3.8, 4) is 0 Å². The molecule has 2 nitrogen and oxygen atoms in total. The highest BCUT2D eigenvalue weighted by molar-refractivity contribution is 6.30. The van der Waals surface area contributed by atoms with Gasteiger partial charge >= 0.3 is 0 Å². The zero-order chi connectivity index (χ0) is 11.0. The average Bonchev–Trinajstić information content (AvgIpc) is 2.63. The van der Waals surface area contributed by atoms with Gasteiger partial charge in [0.1, 0.15) is 0 Å². The molecule has 2 aliphatic carbocycles. The molecule has 0 unspecified atom stereocenters. The molecule has 16 heavy (non-hydrogen) atoms. The van der Waals surface area contributed by atoms with E-state index in [1.165, 1.54) is 5.71 Å². The van der Waals surface area contributed by atoms with E-state index >= 15 is 0 Å². The fourth-order valence-electron chi connectivity index (χ4n) is 2.32. The van der Waals surface area contributed by atoms with E-state index in [9.17, 15) is 0 Å². The zero-order valence-electron chi connectivity index (χ0n) is 8.86.